The van der Waals surface area contributed by atoms with Crippen molar-refractivity contribution in [2.75, 3.05) is 32.6 Å². The van der Waals surface area contributed by atoms with E-state index < -0.39 is 14.6 Å². The smallest absolute Gasteiger partial charge is 0.191 e. The van der Waals surface area contributed by atoms with Crippen molar-refractivity contribution in [2.24, 2.45) is 4.99 Å². The topological polar surface area (TPSA) is 79.8 Å². The molecular formula is C18H29N3O3S. The fourth-order valence-corrected chi connectivity index (χ4v) is 4.12. The highest BCUT2D eigenvalue weighted by atomic mass is 32.2. The summed E-state index contributed by atoms with van der Waals surface area (Å²) in [6.07, 6.45) is 2.34. The van der Waals surface area contributed by atoms with Crippen molar-refractivity contribution in [3.8, 4) is 0 Å². The number of sulfone groups is 1. The molecule has 2 rings (SSSR count). The van der Waals surface area contributed by atoms with Gasteiger partial charge in [-0.05, 0) is 32.3 Å². The molecule has 0 saturated carbocycles. The highest BCUT2D eigenvalue weighted by Gasteiger charge is 2.42. The lowest BCUT2D eigenvalue weighted by atomic mass is 9.99. The summed E-state index contributed by atoms with van der Waals surface area (Å²) in [5.74, 6) is 0.637. The van der Waals surface area contributed by atoms with Gasteiger partial charge in [0.25, 0.3) is 0 Å². The monoisotopic (exact) mass is 367 g/mol. The molecule has 0 radical (unpaired) electrons. The molecule has 1 fully saturated rings. The van der Waals surface area contributed by atoms with Crippen molar-refractivity contribution in [3.63, 3.8) is 0 Å². The van der Waals surface area contributed by atoms with Gasteiger partial charge in [0.2, 0.25) is 0 Å². The van der Waals surface area contributed by atoms with E-state index in [4.69, 9.17) is 4.74 Å². The highest BCUT2D eigenvalue weighted by molar-refractivity contribution is 7.92. The number of ether oxygens (including phenoxy) is 1. The van der Waals surface area contributed by atoms with Crippen LogP contribution >= 0.6 is 0 Å². The normalized spacial score (nSPS) is 18.0. The van der Waals surface area contributed by atoms with E-state index in [0.29, 0.717) is 51.6 Å². The van der Waals surface area contributed by atoms with Gasteiger partial charge in [0.15, 0.2) is 15.8 Å². The Kier molecular flexibility index (Phi) is 6.84. The minimum absolute atomic E-state index is 0.342. The molecule has 140 valence electrons. The van der Waals surface area contributed by atoms with Crippen LogP contribution < -0.4 is 10.6 Å². The van der Waals surface area contributed by atoms with E-state index in [-0.39, 0.29) is 0 Å². The number of aryl methyl sites for hydroxylation is 1. The number of hydrogen-bond donors (Lipinski definition) is 2. The molecule has 1 aromatic carbocycles. The van der Waals surface area contributed by atoms with Crippen molar-refractivity contribution >= 4 is 15.8 Å². The maximum absolute atomic E-state index is 12.3. The second kappa shape index (κ2) is 8.67. The molecule has 1 aliphatic rings. The summed E-state index contributed by atoms with van der Waals surface area (Å²) in [6.45, 7) is 6.60. The molecule has 0 amide bonds. The molecule has 6 nitrogen and oxygen atoms in total. The average Bonchev–Trinajstić information content (AvgIpc) is 2.58. The number of guanidine groups is 1. The van der Waals surface area contributed by atoms with Gasteiger partial charge in [-0.1, -0.05) is 29.8 Å². The molecule has 0 unspecified atom stereocenters. The molecule has 1 saturated heterocycles. The molecule has 1 aromatic rings. The van der Waals surface area contributed by atoms with Crippen molar-refractivity contribution < 1.29 is 13.2 Å². The summed E-state index contributed by atoms with van der Waals surface area (Å²) in [7, 11) is -3.20. The Balaban J connectivity index is 2.06. The van der Waals surface area contributed by atoms with Gasteiger partial charge < -0.3 is 15.4 Å². The number of nitrogens with zero attached hydrogens (tertiary/aromatic N) is 1. The standard InChI is InChI=1S/C18H29N3O3S/c1-4-19-17(20-13-16-7-5-15(2)6-8-16)21-14-18(25(3,22)23)9-11-24-12-10-18/h5-8H,4,9-14H2,1-3H3,(H2,19,20,21). The number of nitrogens with one attached hydrogen (secondary N) is 2. The largest absolute Gasteiger partial charge is 0.381 e. The first-order valence-corrected chi connectivity index (χ1v) is 10.6. The van der Waals surface area contributed by atoms with Gasteiger partial charge in [-0.15, -0.1) is 0 Å². The SMILES string of the molecule is CCNC(=NCc1ccc(C)cc1)NCC1(S(C)(=O)=O)CCOCC1. The first-order valence-electron chi connectivity index (χ1n) is 8.71. The predicted octanol–water partition coefficient (Wildman–Crippen LogP) is 1.64. The van der Waals surface area contributed by atoms with E-state index in [0.717, 1.165) is 5.56 Å². The Bertz CT molecular complexity index is 678. The summed E-state index contributed by atoms with van der Waals surface area (Å²) >= 11 is 0. The van der Waals surface area contributed by atoms with Gasteiger partial charge in [0.1, 0.15) is 0 Å². The number of hydrogen-bond acceptors (Lipinski definition) is 4. The molecule has 7 heteroatoms. The van der Waals surface area contributed by atoms with Crippen LogP contribution in [0.5, 0.6) is 0 Å². The maximum atomic E-state index is 12.3. The van der Waals surface area contributed by atoms with E-state index in [9.17, 15) is 8.42 Å². The molecule has 25 heavy (non-hydrogen) atoms. The average molecular weight is 368 g/mol. The van der Waals surface area contributed by atoms with E-state index in [1.165, 1.54) is 11.8 Å². The Hall–Kier alpha value is -1.60. The minimum Gasteiger partial charge on any atom is -0.381 e. The van der Waals surface area contributed by atoms with Gasteiger partial charge in [0, 0.05) is 32.6 Å². The second-order valence-electron chi connectivity index (χ2n) is 6.60. The zero-order valence-corrected chi connectivity index (χ0v) is 16.2. The molecule has 1 heterocycles. The van der Waals surface area contributed by atoms with Crippen LogP contribution in [-0.2, 0) is 21.1 Å². The summed E-state index contributed by atoms with van der Waals surface area (Å²) in [5.41, 5.74) is 2.33. The maximum Gasteiger partial charge on any atom is 0.191 e. The van der Waals surface area contributed by atoms with Crippen LogP contribution in [-0.4, -0.2) is 51.7 Å². The molecule has 0 aromatic heterocycles. The van der Waals surface area contributed by atoms with Gasteiger partial charge in [-0.3, -0.25) is 0 Å². The zero-order valence-electron chi connectivity index (χ0n) is 15.3. The van der Waals surface area contributed by atoms with Crippen LogP contribution in [0.4, 0.5) is 0 Å². The molecule has 0 atom stereocenters. The molecule has 2 N–H and O–H groups in total. The van der Waals surface area contributed by atoms with Crippen LogP contribution in [0.3, 0.4) is 0 Å². The lowest BCUT2D eigenvalue weighted by Gasteiger charge is -2.35. The summed E-state index contributed by atoms with van der Waals surface area (Å²) < 4.78 is 29.2. The summed E-state index contributed by atoms with van der Waals surface area (Å²) in [4.78, 5) is 4.58. The van der Waals surface area contributed by atoms with Crippen molar-refractivity contribution in [1.29, 1.82) is 0 Å². The Morgan fingerprint density at radius 1 is 1.20 bits per heavy atom. The first kappa shape index (κ1) is 19.7. The van der Waals surface area contributed by atoms with Gasteiger partial charge in [-0.25, -0.2) is 13.4 Å². The predicted molar refractivity (Wildman–Crippen MR) is 102 cm³/mol. The lowest BCUT2D eigenvalue weighted by molar-refractivity contribution is 0.0756. The fraction of sp³-hybridized carbons (Fsp3) is 0.611. The Labute approximate surface area is 151 Å². The molecule has 1 aliphatic heterocycles. The van der Waals surface area contributed by atoms with Crippen LogP contribution in [0.1, 0.15) is 30.9 Å². The van der Waals surface area contributed by atoms with Gasteiger partial charge in [0.05, 0.1) is 11.3 Å². The van der Waals surface area contributed by atoms with E-state index in [1.807, 2.05) is 6.92 Å². The van der Waals surface area contributed by atoms with Crippen molar-refractivity contribution in [1.82, 2.24) is 10.6 Å². The highest BCUT2D eigenvalue weighted by Crippen LogP contribution is 2.28. The molecular weight excluding hydrogens is 338 g/mol. The van der Waals surface area contributed by atoms with Gasteiger partial charge >= 0.3 is 0 Å². The second-order valence-corrected chi connectivity index (χ2v) is 9.01. The number of benzene rings is 1. The van der Waals surface area contributed by atoms with Crippen LogP contribution in [0.25, 0.3) is 0 Å². The third-order valence-corrected chi connectivity index (χ3v) is 6.78. The van der Waals surface area contributed by atoms with E-state index in [1.54, 1.807) is 0 Å². The van der Waals surface area contributed by atoms with Crippen molar-refractivity contribution in [2.45, 2.75) is 38.0 Å². The van der Waals surface area contributed by atoms with Crippen LogP contribution in [0.2, 0.25) is 0 Å². The minimum atomic E-state index is -3.20. The van der Waals surface area contributed by atoms with Crippen LogP contribution in [0.15, 0.2) is 29.3 Å². The third-order valence-electron chi connectivity index (χ3n) is 4.65. The summed E-state index contributed by atoms with van der Waals surface area (Å²) in [6, 6.07) is 8.23. The summed E-state index contributed by atoms with van der Waals surface area (Å²) in [5, 5.41) is 6.41. The molecule has 0 aliphatic carbocycles. The Morgan fingerprint density at radius 2 is 1.84 bits per heavy atom. The van der Waals surface area contributed by atoms with Crippen molar-refractivity contribution in [3.05, 3.63) is 35.4 Å². The third kappa shape index (κ3) is 5.44. The first-order chi connectivity index (χ1) is 11.9. The molecule has 0 spiro atoms. The van der Waals surface area contributed by atoms with E-state index in [2.05, 4.69) is 46.8 Å². The van der Waals surface area contributed by atoms with Gasteiger partial charge in [-0.2, -0.15) is 0 Å². The number of aliphatic imine (C=N–C) groups is 1. The fourth-order valence-electron chi connectivity index (χ4n) is 2.87. The zero-order chi connectivity index (χ0) is 18.3. The van der Waals surface area contributed by atoms with Crippen LogP contribution in [0, 0.1) is 6.92 Å². The Morgan fingerprint density at radius 3 is 2.40 bits per heavy atom. The number of rotatable bonds is 6. The lowest BCUT2D eigenvalue weighted by Crippen LogP contribution is -2.53. The molecule has 0 bridgehead atoms. The van der Waals surface area contributed by atoms with E-state index >= 15 is 0 Å². The quantitative estimate of drug-likeness (QED) is 0.590.